The number of hydrogen-bond donors (Lipinski definition) is 1. The molecule has 6 heteroatoms. The first-order valence-electron chi connectivity index (χ1n) is 10.9. The second-order valence-electron chi connectivity index (χ2n) is 8.64. The van der Waals surface area contributed by atoms with Crippen LogP contribution in [0.25, 0.3) is 11.1 Å². The number of ether oxygens (including phenoxy) is 2. The molecule has 2 aromatic rings. The van der Waals surface area contributed by atoms with Gasteiger partial charge < -0.3 is 14.6 Å². The van der Waals surface area contributed by atoms with E-state index in [1.165, 1.54) is 31.4 Å². The molecule has 0 bridgehead atoms. The van der Waals surface area contributed by atoms with Crippen molar-refractivity contribution in [1.29, 1.82) is 0 Å². The fourth-order valence-corrected chi connectivity index (χ4v) is 4.76. The van der Waals surface area contributed by atoms with Gasteiger partial charge in [0.05, 0.1) is 6.61 Å². The summed E-state index contributed by atoms with van der Waals surface area (Å²) in [4.78, 5) is 2.56. The van der Waals surface area contributed by atoms with E-state index < -0.39 is 17.4 Å². The summed E-state index contributed by atoms with van der Waals surface area (Å²) in [5.74, 6) is -1.04. The van der Waals surface area contributed by atoms with Gasteiger partial charge in [0.2, 0.25) is 5.79 Å². The van der Waals surface area contributed by atoms with Crippen molar-refractivity contribution in [3.63, 3.8) is 0 Å². The van der Waals surface area contributed by atoms with Crippen LogP contribution in [0.2, 0.25) is 0 Å². The first kappa shape index (κ1) is 19.9. The third kappa shape index (κ3) is 3.61. The first-order valence-corrected chi connectivity index (χ1v) is 10.9. The number of halogens is 2. The molecule has 1 N–H and O–H groups in total. The van der Waals surface area contributed by atoms with Crippen molar-refractivity contribution in [2.75, 3.05) is 19.7 Å². The fraction of sp³-hybridized carbons (Fsp3) is 0.500. The molecule has 1 saturated carbocycles. The van der Waals surface area contributed by atoms with E-state index in [4.69, 9.17) is 14.6 Å². The molecule has 0 amide bonds. The third-order valence-electron chi connectivity index (χ3n) is 6.83. The minimum atomic E-state index is -0.638. The summed E-state index contributed by atoms with van der Waals surface area (Å²) in [6, 6.07) is 8.97. The SMILES string of the molecule is OCCc1c(F)cc(-c2ccc3c(c2)COC2(CCN(C4CCC4)CC2)O3)cc1F. The molecule has 2 aliphatic heterocycles. The van der Waals surface area contributed by atoms with Gasteiger partial charge in [0.25, 0.3) is 0 Å². The van der Waals surface area contributed by atoms with Gasteiger partial charge in [-0.15, -0.1) is 0 Å². The second-order valence-corrected chi connectivity index (χ2v) is 8.64. The van der Waals surface area contributed by atoms with E-state index in [9.17, 15) is 8.78 Å². The Morgan fingerprint density at radius 1 is 1.03 bits per heavy atom. The summed E-state index contributed by atoms with van der Waals surface area (Å²) in [6.07, 6.45) is 5.63. The van der Waals surface area contributed by atoms with Crippen molar-refractivity contribution < 1.29 is 23.4 Å². The van der Waals surface area contributed by atoms with Gasteiger partial charge in [-0.25, -0.2) is 8.78 Å². The lowest BCUT2D eigenvalue weighted by molar-refractivity contribution is -0.231. The normalized spacial score (nSPS) is 21.2. The molecule has 2 fully saturated rings. The molecule has 0 radical (unpaired) electrons. The van der Waals surface area contributed by atoms with Crippen LogP contribution in [0.5, 0.6) is 5.75 Å². The van der Waals surface area contributed by atoms with Crippen molar-refractivity contribution in [2.45, 2.75) is 57.0 Å². The Hall–Kier alpha value is -2.02. The lowest BCUT2D eigenvalue weighted by atomic mass is 9.89. The van der Waals surface area contributed by atoms with Crippen LogP contribution in [0.15, 0.2) is 30.3 Å². The highest BCUT2D eigenvalue weighted by Crippen LogP contribution is 2.40. The highest BCUT2D eigenvalue weighted by atomic mass is 19.1. The van der Waals surface area contributed by atoms with E-state index in [0.717, 1.165) is 43.3 Å². The Kier molecular flexibility index (Phi) is 5.25. The lowest BCUT2D eigenvalue weighted by Gasteiger charge is -2.47. The van der Waals surface area contributed by atoms with Gasteiger partial charge in [0, 0.05) is 56.1 Å². The number of fused-ring (bicyclic) bond motifs is 1. The van der Waals surface area contributed by atoms with E-state index in [0.29, 0.717) is 17.7 Å². The van der Waals surface area contributed by atoms with Gasteiger partial charge in [0.1, 0.15) is 17.4 Å². The van der Waals surface area contributed by atoms with Crippen LogP contribution in [-0.4, -0.2) is 41.5 Å². The van der Waals surface area contributed by atoms with Crippen LogP contribution in [0.3, 0.4) is 0 Å². The maximum Gasteiger partial charge on any atom is 0.213 e. The van der Waals surface area contributed by atoms with E-state index >= 15 is 0 Å². The summed E-state index contributed by atoms with van der Waals surface area (Å²) in [7, 11) is 0. The molecule has 2 heterocycles. The largest absolute Gasteiger partial charge is 0.462 e. The molecular formula is C24H27F2NO3. The van der Waals surface area contributed by atoms with Crippen molar-refractivity contribution >= 4 is 0 Å². The number of likely N-dealkylation sites (tertiary alicyclic amines) is 1. The molecule has 0 atom stereocenters. The number of benzene rings is 2. The van der Waals surface area contributed by atoms with Crippen LogP contribution >= 0.6 is 0 Å². The third-order valence-corrected chi connectivity index (χ3v) is 6.83. The Bertz CT molecular complexity index is 913. The molecule has 1 spiro atoms. The molecule has 3 aliphatic rings. The van der Waals surface area contributed by atoms with Gasteiger partial charge >= 0.3 is 0 Å². The van der Waals surface area contributed by atoms with Gasteiger partial charge in [-0.1, -0.05) is 12.5 Å². The fourth-order valence-electron chi connectivity index (χ4n) is 4.76. The van der Waals surface area contributed by atoms with Crippen LogP contribution in [0.1, 0.15) is 43.2 Å². The summed E-state index contributed by atoms with van der Waals surface area (Å²) in [5.41, 5.74) is 1.98. The van der Waals surface area contributed by atoms with Crippen LogP contribution in [0.4, 0.5) is 8.78 Å². The van der Waals surface area contributed by atoms with E-state index in [1.807, 2.05) is 18.2 Å². The molecule has 5 rings (SSSR count). The number of aliphatic hydroxyl groups excluding tert-OH is 1. The molecule has 30 heavy (non-hydrogen) atoms. The average Bonchev–Trinajstić information content (AvgIpc) is 2.71. The summed E-state index contributed by atoms with van der Waals surface area (Å²) < 4.78 is 41.0. The minimum Gasteiger partial charge on any atom is -0.462 e. The lowest BCUT2D eigenvalue weighted by Crippen LogP contribution is -2.54. The van der Waals surface area contributed by atoms with Crippen LogP contribution < -0.4 is 4.74 Å². The number of piperidine rings is 1. The summed E-state index contributed by atoms with van der Waals surface area (Å²) >= 11 is 0. The molecular weight excluding hydrogens is 388 g/mol. The zero-order valence-corrected chi connectivity index (χ0v) is 17.0. The van der Waals surface area contributed by atoms with Crippen molar-refractivity contribution in [3.05, 3.63) is 53.1 Å². The van der Waals surface area contributed by atoms with Gasteiger partial charge in [0.15, 0.2) is 0 Å². The van der Waals surface area contributed by atoms with Gasteiger partial charge in [-0.2, -0.15) is 0 Å². The molecule has 0 aromatic heterocycles. The zero-order chi connectivity index (χ0) is 20.7. The van der Waals surface area contributed by atoms with E-state index in [1.54, 1.807) is 0 Å². The molecule has 1 aliphatic carbocycles. The smallest absolute Gasteiger partial charge is 0.213 e. The average molecular weight is 415 g/mol. The first-order chi connectivity index (χ1) is 14.6. The quantitative estimate of drug-likeness (QED) is 0.803. The highest BCUT2D eigenvalue weighted by Gasteiger charge is 2.42. The number of rotatable bonds is 4. The molecule has 160 valence electrons. The van der Waals surface area contributed by atoms with Crippen LogP contribution in [0, 0.1) is 11.6 Å². The Morgan fingerprint density at radius 3 is 2.40 bits per heavy atom. The predicted octanol–water partition coefficient (Wildman–Crippen LogP) is 4.42. The van der Waals surface area contributed by atoms with Crippen molar-refractivity contribution in [1.82, 2.24) is 4.90 Å². The Labute approximate surface area is 175 Å². The monoisotopic (exact) mass is 415 g/mol. The van der Waals surface area contributed by atoms with Gasteiger partial charge in [-0.3, -0.25) is 4.90 Å². The Morgan fingerprint density at radius 2 is 1.77 bits per heavy atom. The van der Waals surface area contributed by atoms with Gasteiger partial charge in [-0.05, 0) is 48.2 Å². The van der Waals surface area contributed by atoms with E-state index in [2.05, 4.69) is 4.90 Å². The Balaban J connectivity index is 1.33. The maximum atomic E-state index is 14.3. The zero-order valence-electron chi connectivity index (χ0n) is 17.0. The summed E-state index contributed by atoms with van der Waals surface area (Å²) in [6.45, 7) is 2.13. The minimum absolute atomic E-state index is 0.0376. The summed E-state index contributed by atoms with van der Waals surface area (Å²) in [5, 5.41) is 8.99. The van der Waals surface area contributed by atoms with Crippen molar-refractivity contribution in [2.24, 2.45) is 0 Å². The number of nitrogens with zero attached hydrogens (tertiary/aromatic N) is 1. The number of aliphatic hydroxyl groups is 1. The van der Waals surface area contributed by atoms with E-state index in [-0.39, 0.29) is 18.6 Å². The highest BCUT2D eigenvalue weighted by molar-refractivity contribution is 5.66. The maximum absolute atomic E-state index is 14.3. The standard InChI is InChI=1S/C24H27F2NO3/c25-21-13-17(14-22(26)20(21)6-11-28)16-4-5-23-18(12-16)15-29-24(30-23)7-9-27(10-8-24)19-2-1-3-19/h4-5,12-14,19,28H,1-3,6-11,15H2. The number of hydrogen-bond acceptors (Lipinski definition) is 4. The van der Waals surface area contributed by atoms with Crippen LogP contribution in [-0.2, 0) is 17.8 Å². The molecule has 4 nitrogen and oxygen atoms in total. The second kappa shape index (κ2) is 7.91. The predicted molar refractivity (Wildman–Crippen MR) is 109 cm³/mol. The topological polar surface area (TPSA) is 41.9 Å². The molecule has 0 unspecified atom stereocenters. The molecule has 2 aromatic carbocycles. The molecule has 1 saturated heterocycles. The van der Waals surface area contributed by atoms with Crippen molar-refractivity contribution in [3.8, 4) is 16.9 Å².